The minimum absolute atomic E-state index is 0.0693. The van der Waals surface area contributed by atoms with Gasteiger partial charge in [0, 0.05) is 17.1 Å². The highest BCUT2D eigenvalue weighted by atomic mass is 35.5. The van der Waals surface area contributed by atoms with E-state index in [1.807, 2.05) is 41.3 Å². The van der Waals surface area contributed by atoms with E-state index in [4.69, 9.17) is 17.3 Å². The second kappa shape index (κ2) is 9.46. The number of para-hydroxylation sites is 1. The molecule has 1 saturated heterocycles. The first-order valence-corrected chi connectivity index (χ1v) is 11.3. The summed E-state index contributed by atoms with van der Waals surface area (Å²) in [5.41, 5.74) is 8.35. The van der Waals surface area contributed by atoms with E-state index in [0.29, 0.717) is 28.6 Å². The molecule has 4 rings (SSSR count). The fourth-order valence-electron chi connectivity index (χ4n) is 3.49. The number of nitrogens with two attached hydrogens (primary N) is 1. The molecule has 0 unspecified atom stereocenters. The maximum atomic E-state index is 12.7. The number of carbonyl (C=O) groups is 3. The van der Waals surface area contributed by atoms with Gasteiger partial charge in [-0.15, -0.1) is 11.8 Å². The summed E-state index contributed by atoms with van der Waals surface area (Å²) in [6, 6.07) is 21.1. The lowest BCUT2D eigenvalue weighted by Gasteiger charge is -2.24. The minimum atomic E-state index is -0.611. The van der Waals surface area contributed by atoms with Gasteiger partial charge in [0.25, 0.3) is 11.8 Å². The number of primary amides is 1. The summed E-state index contributed by atoms with van der Waals surface area (Å²) >= 11 is 7.51. The molecule has 0 spiro atoms. The van der Waals surface area contributed by atoms with Crippen LogP contribution in [0.3, 0.4) is 0 Å². The zero-order valence-corrected chi connectivity index (χ0v) is 18.5. The van der Waals surface area contributed by atoms with Crippen LogP contribution in [0.4, 0.5) is 5.69 Å². The van der Waals surface area contributed by atoms with Crippen LogP contribution < -0.4 is 11.1 Å². The summed E-state index contributed by atoms with van der Waals surface area (Å²) in [5.74, 6) is -0.483. The van der Waals surface area contributed by atoms with E-state index >= 15 is 0 Å². The summed E-state index contributed by atoms with van der Waals surface area (Å²) in [7, 11) is 0. The van der Waals surface area contributed by atoms with E-state index in [2.05, 4.69) is 5.32 Å². The van der Waals surface area contributed by atoms with E-state index in [9.17, 15) is 14.4 Å². The molecule has 3 amide bonds. The molecule has 0 bridgehead atoms. The lowest BCUT2D eigenvalue weighted by Crippen LogP contribution is -2.27. The van der Waals surface area contributed by atoms with Crippen LogP contribution in [0.5, 0.6) is 0 Å². The Morgan fingerprint density at radius 1 is 1.03 bits per heavy atom. The van der Waals surface area contributed by atoms with Crippen molar-refractivity contribution in [3.8, 4) is 0 Å². The van der Waals surface area contributed by atoms with Crippen molar-refractivity contribution < 1.29 is 14.4 Å². The molecule has 0 saturated carbocycles. The smallest absolute Gasteiger partial charge is 0.255 e. The zero-order chi connectivity index (χ0) is 22.7. The largest absolute Gasteiger partial charge is 0.366 e. The summed E-state index contributed by atoms with van der Waals surface area (Å²) in [4.78, 5) is 38.5. The molecule has 1 heterocycles. The van der Waals surface area contributed by atoms with Crippen molar-refractivity contribution in [2.75, 3.05) is 11.1 Å². The Kier molecular flexibility index (Phi) is 6.48. The SMILES string of the molecule is NC(=O)c1ccccc1NC(=O)c1ccc([C@@H]2SCC(=O)N2Cc2ccc(Cl)cc2)cc1. The molecule has 32 heavy (non-hydrogen) atoms. The quantitative estimate of drug-likeness (QED) is 0.562. The third-order valence-electron chi connectivity index (χ3n) is 5.13. The number of rotatable bonds is 6. The number of thioether (sulfide) groups is 1. The highest BCUT2D eigenvalue weighted by molar-refractivity contribution is 8.00. The summed E-state index contributed by atoms with van der Waals surface area (Å²) in [6.07, 6.45) is 0. The van der Waals surface area contributed by atoms with Crippen LogP contribution in [-0.4, -0.2) is 28.4 Å². The first-order valence-electron chi connectivity index (χ1n) is 9.88. The van der Waals surface area contributed by atoms with E-state index in [1.54, 1.807) is 48.2 Å². The van der Waals surface area contributed by atoms with Crippen molar-refractivity contribution in [2.45, 2.75) is 11.9 Å². The lowest BCUT2D eigenvalue weighted by molar-refractivity contribution is -0.128. The highest BCUT2D eigenvalue weighted by Crippen LogP contribution is 2.39. The monoisotopic (exact) mass is 465 g/mol. The Hall–Kier alpha value is -3.29. The Bertz CT molecular complexity index is 1170. The van der Waals surface area contributed by atoms with E-state index in [-0.39, 0.29) is 22.8 Å². The predicted octanol–water partition coefficient (Wildman–Crippen LogP) is 4.47. The number of carbonyl (C=O) groups excluding carboxylic acids is 3. The van der Waals surface area contributed by atoms with Gasteiger partial charge in [-0.3, -0.25) is 14.4 Å². The summed E-state index contributed by atoms with van der Waals surface area (Å²) in [6.45, 7) is 0.486. The Labute approximate surface area is 194 Å². The molecule has 6 nitrogen and oxygen atoms in total. The fourth-order valence-corrected chi connectivity index (χ4v) is 4.80. The Morgan fingerprint density at radius 3 is 2.41 bits per heavy atom. The number of nitrogens with one attached hydrogen (secondary N) is 1. The van der Waals surface area contributed by atoms with E-state index in [0.717, 1.165) is 11.1 Å². The molecule has 1 atom stereocenters. The average Bonchev–Trinajstić information content (AvgIpc) is 3.15. The van der Waals surface area contributed by atoms with Crippen molar-refractivity contribution in [1.29, 1.82) is 0 Å². The van der Waals surface area contributed by atoms with Crippen molar-refractivity contribution in [3.63, 3.8) is 0 Å². The van der Waals surface area contributed by atoms with Gasteiger partial charge in [-0.2, -0.15) is 0 Å². The molecule has 1 fully saturated rings. The number of amides is 3. The molecule has 3 N–H and O–H groups in total. The predicted molar refractivity (Wildman–Crippen MR) is 127 cm³/mol. The zero-order valence-electron chi connectivity index (χ0n) is 17.0. The maximum Gasteiger partial charge on any atom is 0.255 e. The molecular weight excluding hydrogens is 446 g/mol. The van der Waals surface area contributed by atoms with Crippen molar-refractivity contribution in [1.82, 2.24) is 4.90 Å². The van der Waals surface area contributed by atoms with Gasteiger partial charge in [0.1, 0.15) is 5.37 Å². The van der Waals surface area contributed by atoms with Gasteiger partial charge in [-0.1, -0.05) is 48.0 Å². The van der Waals surface area contributed by atoms with Crippen LogP contribution in [0.2, 0.25) is 5.02 Å². The average molecular weight is 466 g/mol. The van der Waals surface area contributed by atoms with Gasteiger partial charge in [0.2, 0.25) is 5.91 Å². The lowest BCUT2D eigenvalue weighted by atomic mass is 10.1. The molecule has 8 heteroatoms. The van der Waals surface area contributed by atoms with Crippen molar-refractivity contribution in [2.24, 2.45) is 5.73 Å². The number of anilines is 1. The molecule has 3 aromatic carbocycles. The first-order chi connectivity index (χ1) is 15.4. The van der Waals surface area contributed by atoms with Gasteiger partial charge >= 0.3 is 0 Å². The number of hydrogen-bond acceptors (Lipinski definition) is 4. The Balaban J connectivity index is 1.49. The van der Waals surface area contributed by atoms with Gasteiger partial charge in [-0.25, -0.2) is 0 Å². The molecule has 0 radical (unpaired) electrons. The van der Waals surface area contributed by atoms with Crippen LogP contribution >= 0.6 is 23.4 Å². The summed E-state index contributed by atoms with van der Waals surface area (Å²) < 4.78 is 0. The topological polar surface area (TPSA) is 92.5 Å². The standard InChI is InChI=1S/C24H20ClN3O3S/c25-18-11-5-15(6-12-18)13-28-21(29)14-32-24(28)17-9-7-16(8-10-17)23(31)27-20-4-2-1-3-19(20)22(26)30/h1-12,24H,13-14H2,(H2,26,30)(H,27,31)/t24-/m0/s1. The van der Waals surface area contributed by atoms with Gasteiger partial charge in [-0.05, 0) is 47.5 Å². The van der Waals surface area contributed by atoms with Crippen LogP contribution in [0.25, 0.3) is 0 Å². The number of hydrogen-bond donors (Lipinski definition) is 2. The fraction of sp³-hybridized carbons (Fsp3) is 0.125. The molecule has 162 valence electrons. The van der Waals surface area contributed by atoms with Crippen LogP contribution in [0.15, 0.2) is 72.8 Å². The molecule has 0 aromatic heterocycles. The highest BCUT2D eigenvalue weighted by Gasteiger charge is 2.32. The van der Waals surface area contributed by atoms with E-state index < -0.39 is 5.91 Å². The normalized spacial score (nSPS) is 15.6. The van der Waals surface area contributed by atoms with E-state index in [1.165, 1.54) is 0 Å². The minimum Gasteiger partial charge on any atom is -0.366 e. The number of benzene rings is 3. The van der Waals surface area contributed by atoms with Gasteiger partial charge in [0.15, 0.2) is 0 Å². The molecule has 3 aromatic rings. The third-order valence-corrected chi connectivity index (χ3v) is 6.64. The molecule has 1 aliphatic heterocycles. The summed E-state index contributed by atoms with van der Waals surface area (Å²) in [5, 5.41) is 3.25. The van der Waals surface area contributed by atoms with Crippen LogP contribution in [0.1, 0.15) is 37.2 Å². The van der Waals surface area contributed by atoms with Crippen molar-refractivity contribution >= 4 is 46.8 Å². The van der Waals surface area contributed by atoms with Crippen LogP contribution in [-0.2, 0) is 11.3 Å². The second-order valence-electron chi connectivity index (χ2n) is 7.30. The van der Waals surface area contributed by atoms with Gasteiger partial charge < -0.3 is 16.0 Å². The molecule has 1 aliphatic rings. The van der Waals surface area contributed by atoms with Crippen molar-refractivity contribution in [3.05, 3.63) is 100 Å². The molecular formula is C24H20ClN3O3S. The maximum absolute atomic E-state index is 12.7. The van der Waals surface area contributed by atoms with Crippen LogP contribution in [0, 0.1) is 0 Å². The number of halogens is 1. The third kappa shape index (κ3) is 4.79. The molecule has 0 aliphatic carbocycles. The first kappa shape index (κ1) is 21.9. The number of nitrogens with zero attached hydrogens (tertiary/aromatic N) is 1. The Morgan fingerprint density at radius 2 is 1.72 bits per heavy atom. The van der Waals surface area contributed by atoms with Gasteiger partial charge in [0.05, 0.1) is 17.0 Å². The second-order valence-corrected chi connectivity index (χ2v) is 8.80.